The highest BCUT2D eigenvalue weighted by atomic mass is 16.5. The molecule has 0 amide bonds. The van der Waals surface area contributed by atoms with Gasteiger partial charge in [-0.1, -0.05) is 11.6 Å². The molecule has 2 N–H and O–H groups in total. The first-order valence-electron chi connectivity index (χ1n) is 5.95. The number of aryl methyl sites for hydroxylation is 1. The number of carbonyl (C=O) groups excluding carboxylic acids is 1. The van der Waals surface area contributed by atoms with E-state index in [0.29, 0.717) is 23.3 Å². The molecule has 0 unspecified atom stereocenters. The number of aldehydes is 1. The van der Waals surface area contributed by atoms with Crippen LogP contribution in [0.5, 0.6) is 5.75 Å². The zero-order chi connectivity index (χ0) is 14.7. The minimum atomic E-state index is -0.0131. The summed E-state index contributed by atoms with van der Waals surface area (Å²) < 4.78 is 6.60. The van der Waals surface area contributed by atoms with Gasteiger partial charge >= 0.3 is 0 Å². The number of nitriles is 1. The molecule has 6 nitrogen and oxygen atoms in total. The van der Waals surface area contributed by atoms with Gasteiger partial charge < -0.3 is 10.5 Å². The van der Waals surface area contributed by atoms with Crippen molar-refractivity contribution in [2.75, 3.05) is 12.8 Å². The van der Waals surface area contributed by atoms with Crippen molar-refractivity contribution in [1.29, 1.82) is 5.26 Å². The molecule has 2 aromatic rings. The van der Waals surface area contributed by atoms with Crippen LogP contribution in [0.1, 0.15) is 15.9 Å². The summed E-state index contributed by atoms with van der Waals surface area (Å²) in [5.41, 5.74) is 8.22. The predicted molar refractivity (Wildman–Crippen MR) is 74.4 cm³/mol. The summed E-state index contributed by atoms with van der Waals surface area (Å²) in [6.07, 6.45) is 0.646. The minimum Gasteiger partial charge on any atom is -0.496 e. The van der Waals surface area contributed by atoms with E-state index >= 15 is 0 Å². The van der Waals surface area contributed by atoms with Gasteiger partial charge in [0.1, 0.15) is 23.8 Å². The molecule has 102 valence electrons. The molecule has 0 atom stereocenters. The largest absolute Gasteiger partial charge is 0.496 e. The van der Waals surface area contributed by atoms with Crippen LogP contribution in [0, 0.1) is 18.3 Å². The lowest BCUT2D eigenvalue weighted by Crippen LogP contribution is -2.03. The average Bonchev–Trinajstić information content (AvgIpc) is 2.76. The molecule has 0 spiro atoms. The molecule has 0 aliphatic carbocycles. The van der Waals surface area contributed by atoms with Crippen LogP contribution in [0.4, 0.5) is 5.82 Å². The molecule has 0 aliphatic rings. The Morgan fingerprint density at radius 1 is 1.55 bits per heavy atom. The first kappa shape index (κ1) is 13.6. The van der Waals surface area contributed by atoms with E-state index in [1.807, 2.05) is 25.1 Å². The topological polar surface area (TPSA) is 93.9 Å². The van der Waals surface area contributed by atoms with E-state index in [1.165, 1.54) is 4.68 Å². The van der Waals surface area contributed by atoms with E-state index in [2.05, 4.69) is 5.10 Å². The van der Waals surface area contributed by atoms with Crippen LogP contribution >= 0.6 is 0 Å². The summed E-state index contributed by atoms with van der Waals surface area (Å²) >= 11 is 0. The SMILES string of the molecule is COc1ccc(C)cc1-c1nn(CC#N)c(N)c1C=O. The summed E-state index contributed by atoms with van der Waals surface area (Å²) in [6.45, 7) is 1.92. The third-order valence-electron chi connectivity index (χ3n) is 2.98. The van der Waals surface area contributed by atoms with Crippen molar-refractivity contribution in [2.24, 2.45) is 0 Å². The second kappa shape index (κ2) is 5.45. The van der Waals surface area contributed by atoms with Gasteiger partial charge in [0.25, 0.3) is 0 Å². The van der Waals surface area contributed by atoms with Gasteiger partial charge in [-0.3, -0.25) is 4.79 Å². The van der Waals surface area contributed by atoms with Crippen LogP contribution in [0.3, 0.4) is 0 Å². The molecule has 1 aromatic heterocycles. The maximum Gasteiger partial charge on any atom is 0.156 e. The molecule has 1 aromatic carbocycles. The Bertz CT molecular complexity index is 698. The van der Waals surface area contributed by atoms with Crippen molar-refractivity contribution in [3.8, 4) is 23.1 Å². The van der Waals surface area contributed by atoms with Crippen LogP contribution < -0.4 is 10.5 Å². The van der Waals surface area contributed by atoms with Gasteiger partial charge in [0, 0.05) is 5.56 Å². The van der Waals surface area contributed by atoms with E-state index in [-0.39, 0.29) is 17.9 Å². The van der Waals surface area contributed by atoms with Gasteiger partial charge in [-0.05, 0) is 19.1 Å². The second-order valence-electron chi connectivity index (χ2n) is 4.28. The van der Waals surface area contributed by atoms with E-state index in [1.54, 1.807) is 13.2 Å². The molecule has 0 saturated carbocycles. The second-order valence-corrected chi connectivity index (χ2v) is 4.28. The van der Waals surface area contributed by atoms with E-state index in [4.69, 9.17) is 15.7 Å². The van der Waals surface area contributed by atoms with Crippen LogP contribution in [0.2, 0.25) is 0 Å². The summed E-state index contributed by atoms with van der Waals surface area (Å²) in [5, 5.41) is 13.0. The van der Waals surface area contributed by atoms with Crippen molar-refractivity contribution in [1.82, 2.24) is 9.78 Å². The number of anilines is 1. The lowest BCUT2D eigenvalue weighted by atomic mass is 10.0. The number of aromatic nitrogens is 2. The first-order chi connectivity index (χ1) is 9.62. The normalized spacial score (nSPS) is 10.1. The molecule has 0 bridgehead atoms. The number of rotatable bonds is 4. The fraction of sp³-hybridized carbons (Fsp3) is 0.214. The van der Waals surface area contributed by atoms with Gasteiger partial charge in [-0.15, -0.1) is 0 Å². The predicted octanol–water partition coefficient (Wildman–Crippen LogP) is 1.79. The Labute approximate surface area is 116 Å². The molecular formula is C14H14N4O2. The number of nitrogen functional groups attached to an aromatic ring is 1. The zero-order valence-electron chi connectivity index (χ0n) is 11.3. The van der Waals surface area contributed by atoms with Crippen molar-refractivity contribution in [2.45, 2.75) is 13.5 Å². The zero-order valence-corrected chi connectivity index (χ0v) is 11.3. The Kier molecular flexibility index (Phi) is 3.71. The molecule has 0 saturated heterocycles. The fourth-order valence-electron chi connectivity index (χ4n) is 2.00. The van der Waals surface area contributed by atoms with Crippen molar-refractivity contribution >= 4 is 12.1 Å². The smallest absolute Gasteiger partial charge is 0.156 e. The maximum absolute atomic E-state index is 11.3. The highest BCUT2D eigenvalue weighted by Gasteiger charge is 2.19. The van der Waals surface area contributed by atoms with Gasteiger partial charge in [0.2, 0.25) is 0 Å². The monoisotopic (exact) mass is 270 g/mol. The number of ether oxygens (including phenoxy) is 1. The Balaban J connectivity index is 2.69. The minimum absolute atomic E-state index is 0.0131. The average molecular weight is 270 g/mol. The number of nitrogens with two attached hydrogens (primary N) is 1. The van der Waals surface area contributed by atoms with Crippen LogP contribution in [-0.4, -0.2) is 23.2 Å². The van der Waals surface area contributed by atoms with E-state index in [9.17, 15) is 4.79 Å². The summed E-state index contributed by atoms with van der Waals surface area (Å²) in [7, 11) is 1.55. The van der Waals surface area contributed by atoms with Crippen LogP contribution in [0.25, 0.3) is 11.3 Å². The molecule has 0 aliphatic heterocycles. The number of carbonyl (C=O) groups is 1. The number of hydrogen-bond acceptors (Lipinski definition) is 5. The molecule has 6 heteroatoms. The lowest BCUT2D eigenvalue weighted by Gasteiger charge is -2.07. The molecule has 2 rings (SSSR count). The first-order valence-corrected chi connectivity index (χ1v) is 5.95. The van der Waals surface area contributed by atoms with Gasteiger partial charge in [-0.2, -0.15) is 10.4 Å². The molecule has 1 heterocycles. The molecule has 20 heavy (non-hydrogen) atoms. The number of nitrogens with zero attached hydrogens (tertiary/aromatic N) is 3. The Morgan fingerprint density at radius 2 is 2.30 bits per heavy atom. The van der Waals surface area contributed by atoms with Gasteiger partial charge in [-0.25, -0.2) is 4.68 Å². The van der Waals surface area contributed by atoms with E-state index in [0.717, 1.165) is 5.56 Å². The van der Waals surface area contributed by atoms with Gasteiger partial charge in [0.15, 0.2) is 6.29 Å². The van der Waals surface area contributed by atoms with Crippen molar-refractivity contribution in [3.63, 3.8) is 0 Å². The summed E-state index contributed by atoms with van der Waals surface area (Å²) in [4.78, 5) is 11.3. The van der Waals surface area contributed by atoms with Crippen LogP contribution in [-0.2, 0) is 6.54 Å². The number of hydrogen-bond donors (Lipinski definition) is 1. The Hall–Kier alpha value is -2.81. The third kappa shape index (κ3) is 2.21. The van der Waals surface area contributed by atoms with Crippen molar-refractivity contribution in [3.05, 3.63) is 29.3 Å². The highest BCUT2D eigenvalue weighted by molar-refractivity contribution is 5.92. The number of methoxy groups -OCH3 is 1. The highest BCUT2D eigenvalue weighted by Crippen LogP contribution is 2.33. The summed E-state index contributed by atoms with van der Waals surface area (Å²) in [5.74, 6) is 0.778. The van der Waals surface area contributed by atoms with E-state index < -0.39 is 0 Å². The quantitative estimate of drug-likeness (QED) is 0.855. The molecule has 0 radical (unpaired) electrons. The standard InChI is InChI=1S/C14H14N4O2/c1-9-3-4-12(20-2)10(7-9)13-11(8-19)14(16)18(17-13)6-5-15/h3-4,7-8H,6,16H2,1-2H3. The van der Waals surface area contributed by atoms with Gasteiger partial charge in [0.05, 0.1) is 18.7 Å². The maximum atomic E-state index is 11.3. The third-order valence-corrected chi connectivity index (χ3v) is 2.98. The number of benzene rings is 1. The van der Waals surface area contributed by atoms with Crippen molar-refractivity contribution < 1.29 is 9.53 Å². The molecular weight excluding hydrogens is 256 g/mol. The molecule has 0 fully saturated rings. The fourth-order valence-corrected chi connectivity index (χ4v) is 2.00. The lowest BCUT2D eigenvalue weighted by molar-refractivity contribution is 0.112. The summed E-state index contributed by atoms with van der Waals surface area (Å²) in [6, 6.07) is 7.53. The Morgan fingerprint density at radius 3 is 2.90 bits per heavy atom. The van der Waals surface area contributed by atoms with Crippen LogP contribution in [0.15, 0.2) is 18.2 Å².